The lowest BCUT2D eigenvalue weighted by Gasteiger charge is -2.02. The third-order valence-corrected chi connectivity index (χ3v) is 2.71. The monoisotopic (exact) mass is 168 g/mol. The summed E-state index contributed by atoms with van der Waals surface area (Å²) in [7, 11) is -0.851. The van der Waals surface area contributed by atoms with Crippen molar-refractivity contribution in [1.29, 1.82) is 0 Å². The van der Waals surface area contributed by atoms with E-state index in [0.29, 0.717) is 0 Å². The molecule has 2 heteroatoms. The summed E-state index contributed by atoms with van der Waals surface area (Å²) in [5, 5.41) is 0. The molecule has 0 aliphatic rings. The normalized spacial score (nSPS) is 13.0. The summed E-state index contributed by atoms with van der Waals surface area (Å²) in [4.78, 5) is 0.949. The lowest BCUT2D eigenvalue weighted by atomic mass is 10.2. The van der Waals surface area contributed by atoms with Crippen molar-refractivity contribution >= 4 is 10.8 Å². The topological polar surface area (TPSA) is 17.1 Å². The Labute approximate surface area is 69.9 Å². The lowest BCUT2D eigenvalue weighted by Crippen LogP contribution is -1.91. The molecule has 0 aromatic heterocycles. The Kier molecular flexibility index (Phi) is 2.45. The molecule has 0 saturated heterocycles. The molecular formula is C9H12OS. The van der Waals surface area contributed by atoms with Gasteiger partial charge in [0, 0.05) is 11.2 Å². The van der Waals surface area contributed by atoms with E-state index in [1.165, 1.54) is 5.56 Å². The molecular weight excluding hydrogens is 156 g/mol. The highest BCUT2D eigenvalue weighted by molar-refractivity contribution is 7.84. The SMILES string of the molecule is Cc1ccc(C)c([S@](C)=O)c1. The van der Waals surface area contributed by atoms with Crippen LogP contribution in [0.3, 0.4) is 0 Å². The van der Waals surface area contributed by atoms with Gasteiger partial charge in [-0.3, -0.25) is 4.21 Å². The first kappa shape index (κ1) is 8.47. The van der Waals surface area contributed by atoms with E-state index in [2.05, 4.69) is 0 Å². The van der Waals surface area contributed by atoms with Gasteiger partial charge in [0.15, 0.2) is 0 Å². The molecule has 0 N–H and O–H groups in total. The minimum absolute atomic E-state index is 0.851. The van der Waals surface area contributed by atoms with Crippen LogP contribution in [0.1, 0.15) is 11.1 Å². The average molecular weight is 168 g/mol. The molecule has 0 radical (unpaired) electrons. The van der Waals surface area contributed by atoms with Gasteiger partial charge >= 0.3 is 0 Å². The highest BCUT2D eigenvalue weighted by Gasteiger charge is 2.00. The zero-order chi connectivity index (χ0) is 8.43. The zero-order valence-corrected chi connectivity index (χ0v) is 7.87. The van der Waals surface area contributed by atoms with Gasteiger partial charge in [-0.25, -0.2) is 0 Å². The van der Waals surface area contributed by atoms with Gasteiger partial charge in [-0.15, -0.1) is 0 Å². The number of benzene rings is 1. The molecule has 1 aromatic rings. The quantitative estimate of drug-likeness (QED) is 0.627. The zero-order valence-electron chi connectivity index (χ0n) is 7.05. The molecule has 0 saturated carbocycles. The van der Waals surface area contributed by atoms with Crippen LogP contribution >= 0.6 is 0 Å². The maximum absolute atomic E-state index is 11.1. The van der Waals surface area contributed by atoms with Crippen molar-refractivity contribution in [3.8, 4) is 0 Å². The summed E-state index contributed by atoms with van der Waals surface area (Å²) < 4.78 is 11.1. The molecule has 0 heterocycles. The number of hydrogen-bond donors (Lipinski definition) is 0. The Bertz CT molecular complexity index is 292. The second kappa shape index (κ2) is 3.18. The molecule has 11 heavy (non-hydrogen) atoms. The molecule has 1 aromatic carbocycles. The largest absolute Gasteiger partial charge is 0.255 e. The summed E-state index contributed by atoms with van der Waals surface area (Å²) in [5.41, 5.74) is 2.28. The molecule has 0 spiro atoms. The van der Waals surface area contributed by atoms with Crippen LogP contribution in [0.5, 0.6) is 0 Å². The first-order valence-electron chi connectivity index (χ1n) is 3.52. The van der Waals surface area contributed by atoms with E-state index in [-0.39, 0.29) is 0 Å². The third-order valence-electron chi connectivity index (χ3n) is 1.65. The Morgan fingerprint density at radius 2 is 1.91 bits per heavy atom. The second-order valence-electron chi connectivity index (χ2n) is 2.72. The third kappa shape index (κ3) is 1.90. The smallest absolute Gasteiger partial charge is 0.0500 e. The van der Waals surface area contributed by atoms with Crippen molar-refractivity contribution < 1.29 is 4.21 Å². The van der Waals surface area contributed by atoms with Gasteiger partial charge in [-0.2, -0.15) is 0 Å². The van der Waals surface area contributed by atoms with Crippen LogP contribution in [0.2, 0.25) is 0 Å². The van der Waals surface area contributed by atoms with E-state index in [1.807, 2.05) is 32.0 Å². The van der Waals surface area contributed by atoms with Crippen molar-refractivity contribution in [2.45, 2.75) is 18.7 Å². The van der Waals surface area contributed by atoms with Gasteiger partial charge < -0.3 is 0 Å². The minimum atomic E-state index is -0.851. The van der Waals surface area contributed by atoms with Crippen molar-refractivity contribution in [3.63, 3.8) is 0 Å². The highest BCUT2D eigenvalue weighted by atomic mass is 32.2. The fraction of sp³-hybridized carbons (Fsp3) is 0.333. The number of aryl methyl sites for hydroxylation is 2. The van der Waals surface area contributed by atoms with Gasteiger partial charge in [-0.1, -0.05) is 12.1 Å². The number of rotatable bonds is 1. The van der Waals surface area contributed by atoms with Gasteiger partial charge in [0.1, 0.15) is 0 Å². The molecule has 1 rings (SSSR count). The molecule has 0 bridgehead atoms. The summed E-state index contributed by atoms with van der Waals surface area (Å²) in [6.45, 7) is 3.99. The Morgan fingerprint density at radius 3 is 2.36 bits per heavy atom. The van der Waals surface area contributed by atoms with Crippen LogP contribution in [0.15, 0.2) is 23.1 Å². The van der Waals surface area contributed by atoms with Gasteiger partial charge in [-0.05, 0) is 31.0 Å². The van der Waals surface area contributed by atoms with Crippen LogP contribution in [-0.4, -0.2) is 10.5 Å². The lowest BCUT2D eigenvalue weighted by molar-refractivity contribution is 0.686. The van der Waals surface area contributed by atoms with Crippen LogP contribution in [0, 0.1) is 13.8 Å². The maximum atomic E-state index is 11.1. The molecule has 0 unspecified atom stereocenters. The molecule has 1 nitrogen and oxygen atoms in total. The average Bonchev–Trinajstić information content (AvgIpc) is 1.94. The molecule has 0 amide bonds. The van der Waals surface area contributed by atoms with Gasteiger partial charge in [0.05, 0.1) is 10.8 Å². The summed E-state index contributed by atoms with van der Waals surface area (Å²) in [6.07, 6.45) is 1.71. The van der Waals surface area contributed by atoms with Crippen LogP contribution in [0.4, 0.5) is 0 Å². The van der Waals surface area contributed by atoms with Crippen molar-refractivity contribution in [2.24, 2.45) is 0 Å². The van der Waals surface area contributed by atoms with E-state index in [0.717, 1.165) is 10.5 Å². The first-order valence-corrected chi connectivity index (χ1v) is 5.08. The van der Waals surface area contributed by atoms with Crippen LogP contribution in [0.25, 0.3) is 0 Å². The van der Waals surface area contributed by atoms with E-state index < -0.39 is 10.8 Å². The van der Waals surface area contributed by atoms with Crippen molar-refractivity contribution in [3.05, 3.63) is 29.3 Å². The minimum Gasteiger partial charge on any atom is -0.255 e. The maximum Gasteiger partial charge on any atom is 0.0500 e. The van der Waals surface area contributed by atoms with Crippen LogP contribution in [-0.2, 0) is 10.8 Å². The van der Waals surface area contributed by atoms with Gasteiger partial charge in [0.2, 0.25) is 0 Å². The summed E-state index contributed by atoms with van der Waals surface area (Å²) in [5.74, 6) is 0. The second-order valence-corrected chi connectivity index (χ2v) is 4.07. The van der Waals surface area contributed by atoms with Crippen molar-refractivity contribution in [2.75, 3.05) is 6.26 Å². The van der Waals surface area contributed by atoms with E-state index in [1.54, 1.807) is 6.26 Å². The van der Waals surface area contributed by atoms with Crippen LogP contribution < -0.4 is 0 Å². The Morgan fingerprint density at radius 1 is 1.27 bits per heavy atom. The van der Waals surface area contributed by atoms with Crippen molar-refractivity contribution in [1.82, 2.24) is 0 Å². The van der Waals surface area contributed by atoms with E-state index in [9.17, 15) is 4.21 Å². The fourth-order valence-electron chi connectivity index (χ4n) is 1.02. The fourth-order valence-corrected chi connectivity index (χ4v) is 1.89. The molecule has 1 atom stereocenters. The van der Waals surface area contributed by atoms with E-state index in [4.69, 9.17) is 0 Å². The molecule has 0 fully saturated rings. The predicted molar refractivity (Wildman–Crippen MR) is 48.2 cm³/mol. The molecule has 0 aliphatic heterocycles. The highest BCUT2D eigenvalue weighted by Crippen LogP contribution is 2.13. The Hall–Kier alpha value is -0.630. The first-order chi connectivity index (χ1) is 5.11. The molecule has 0 aliphatic carbocycles. The predicted octanol–water partition coefficient (Wildman–Crippen LogP) is 2.04. The molecule has 60 valence electrons. The summed E-state index contributed by atoms with van der Waals surface area (Å²) >= 11 is 0. The number of hydrogen-bond acceptors (Lipinski definition) is 1. The van der Waals surface area contributed by atoms with E-state index >= 15 is 0 Å². The summed E-state index contributed by atoms with van der Waals surface area (Å²) in [6, 6.07) is 6.02. The Balaban J connectivity index is 3.23. The standard InChI is InChI=1S/C9H12OS/c1-7-4-5-8(2)9(6-7)11(3)10/h4-6H,1-3H3/t11-/m0/s1. The van der Waals surface area contributed by atoms with Gasteiger partial charge in [0.25, 0.3) is 0 Å².